The molecule has 0 unspecified atom stereocenters. The zero-order chi connectivity index (χ0) is 24.8. The smallest absolute Gasteiger partial charge is 0.344 e. The summed E-state index contributed by atoms with van der Waals surface area (Å²) in [5, 5.41) is 19.4. The summed E-state index contributed by atoms with van der Waals surface area (Å²) in [5.41, 5.74) is 0.548. The molecule has 0 fully saturated rings. The SMILES string of the molecule is CC(=CCC[O])C(=O)Oc1nc2nc(n1)OC(=O)C(C)=COCCC=C(C)C(=O)O2.[CH2]C[O]. The molecule has 0 spiro atoms. The van der Waals surface area contributed by atoms with E-state index in [4.69, 9.17) is 24.1 Å². The number of esters is 3. The van der Waals surface area contributed by atoms with Gasteiger partial charge < -0.3 is 18.9 Å². The third-order valence-electron chi connectivity index (χ3n) is 3.61. The van der Waals surface area contributed by atoms with Crippen LogP contribution in [0.15, 0.2) is 35.1 Å². The number of hydrogen-bond donors (Lipinski definition) is 0. The molecule has 2 bridgehead atoms. The van der Waals surface area contributed by atoms with Crippen LogP contribution in [0, 0.1) is 6.92 Å². The summed E-state index contributed by atoms with van der Waals surface area (Å²) < 4.78 is 20.3. The van der Waals surface area contributed by atoms with E-state index >= 15 is 0 Å². The Morgan fingerprint density at radius 2 is 1.67 bits per heavy atom. The zero-order valence-corrected chi connectivity index (χ0v) is 18.5. The molecule has 1 aromatic rings. The minimum atomic E-state index is -0.834. The molecular formula is C21H24N3O9. The van der Waals surface area contributed by atoms with Crippen molar-refractivity contribution < 1.29 is 43.5 Å². The quantitative estimate of drug-likeness (QED) is 0.476. The van der Waals surface area contributed by atoms with Crippen LogP contribution in [0.3, 0.4) is 0 Å². The maximum Gasteiger partial charge on any atom is 0.344 e. The highest BCUT2D eigenvalue weighted by atomic mass is 16.6. The lowest BCUT2D eigenvalue weighted by Gasteiger charge is -2.09. The summed E-state index contributed by atoms with van der Waals surface area (Å²) in [7, 11) is 0. The number of carbonyl (C=O) groups excluding carboxylic acids is 3. The highest BCUT2D eigenvalue weighted by Gasteiger charge is 2.20. The summed E-state index contributed by atoms with van der Waals surface area (Å²) in [5.74, 6) is -2.42. The van der Waals surface area contributed by atoms with Gasteiger partial charge in [0.15, 0.2) is 0 Å². The molecule has 1 aliphatic rings. The fraction of sp³-hybridized carbons (Fsp3) is 0.381. The molecule has 0 N–H and O–H groups in total. The number of ether oxygens (including phenoxy) is 4. The van der Waals surface area contributed by atoms with Crippen molar-refractivity contribution >= 4 is 17.9 Å². The van der Waals surface area contributed by atoms with Crippen LogP contribution in [-0.2, 0) is 29.3 Å². The Kier molecular flexibility index (Phi) is 12.0. The van der Waals surface area contributed by atoms with Crippen LogP contribution in [0.4, 0.5) is 0 Å². The van der Waals surface area contributed by atoms with Crippen LogP contribution in [-0.4, -0.2) is 52.7 Å². The van der Waals surface area contributed by atoms with Crippen molar-refractivity contribution in [1.29, 1.82) is 0 Å². The van der Waals surface area contributed by atoms with Crippen LogP contribution in [0.2, 0.25) is 0 Å². The van der Waals surface area contributed by atoms with Gasteiger partial charge in [0.25, 0.3) is 0 Å². The van der Waals surface area contributed by atoms with E-state index in [0.29, 0.717) is 6.42 Å². The van der Waals surface area contributed by atoms with E-state index in [2.05, 4.69) is 21.9 Å². The minimum Gasteiger partial charge on any atom is -0.500 e. The molecule has 2 rings (SSSR count). The fourth-order valence-electron chi connectivity index (χ4n) is 1.97. The number of hydrogen-bond acceptors (Lipinski definition) is 10. The summed E-state index contributed by atoms with van der Waals surface area (Å²) in [6.45, 7) is 6.96. The third-order valence-corrected chi connectivity index (χ3v) is 3.61. The van der Waals surface area contributed by atoms with Gasteiger partial charge in [0.2, 0.25) is 0 Å². The van der Waals surface area contributed by atoms with Crippen LogP contribution >= 0.6 is 0 Å². The molecule has 0 amide bonds. The van der Waals surface area contributed by atoms with E-state index in [1.807, 2.05) is 0 Å². The number of fused-ring (bicyclic) bond motifs is 2. The summed E-state index contributed by atoms with van der Waals surface area (Å²) in [6.07, 6.45) is 4.73. The average molecular weight is 462 g/mol. The lowest BCUT2D eigenvalue weighted by molar-refractivity contribution is -0.130. The van der Waals surface area contributed by atoms with Crippen LogP contribution in [0.1, 0.15) is 33.6 Å². The maximum atomic E-state index is 12.2. The van der Waals surface area contributed by atoms with Gasteiger partial charge in [-0.25, -0.2) is 24.6 Å². The van der Waals surface area contributed by atoms with Crippen molar-refractivity contribution in [3.63, 3.8) is 0 Å². The Bertz CT molecular complexity index is 887. The normalized spacial score (nSPS) is 14.8. The van der Waals surface area contributed by atoms with Gasteiger partial charge in [-0.15, -0.1) is 15.0 Å². The zero-order valence-electron chi connectivity index (χ0n) is 18.5. The molecule has 0 aliphatic carbocycles. The van der Waals surface area contributed by atoms with E-state index < -0.39 is 35.9 Å². The van der Waals surface area contributed by atoms with Gasteiger partial charge in [-0.3, -0.25) is 0 Å². The molecule has 1 aliphatic heterocycles. The monoisotopic (exact) mass is 462 g/mol. The molecule has 177 valence electrons. The van der Waals surface area contributed by atoms with Crippen molar-refractivity contribution in [3.8, 4) is 18.0 Å². The largest absolute Gasteiger partial charge is 0.500 e. The molecule has 0 aromatic carbocycles. The average Bonchev–Trinajstić information content (AvgIpc) is 2.76. The molecule has 12 heteroatoms. The predicted octanol–water partition coefficient (Wildman–Crippen LogP) is 1.88. The summed E-state index contributed by atoms with van der Waals surface area (Å²) in [6, 6.07) is -1.63. The molecular weight excluding hydrogens is 438 g/mol. The molecule has 12 nitrogen and oxygen atoms in total. The van der Waals surface area contributed by atoms with Gasteiger partial charge in [-0.05, 0) is 34.1 Å². The topological polar surface area (TPSA) is 167 Å². The van der Waals surface area contributed by atoms with E-state index in [9.17, 15) is 19.5 Å². The number of nitrogens with zero attached hydrogens (tertiary/aromatic N) is 3. The molecule has 0 saturated carbocycles. The highest BCUT2D eigenvalue weighted by Crippen LogP contribution is 2.18. The van der Waals surface area contributed by atoms with Gasteiger partial charge in [-0.2, -0.15) is 0 Å². The second-order valence-electron chi connectivity index (χ2n) is 6.28. The van der Waals surface area contributed by atoms with Crippen LogP contribution in [0.5, 0.6) is 18.0 Å². The van der Waals surface area contributed by atoms with Crippen molar-refractivity contribution in [3.05, 3.63) is 42.1 Å². The summed E-state index contributed by atoms with van der Waals surface area (Å²) >= 11 is 0. The molecule has 0 saturated heterocycles. The van der Waals surface area contributed by atoms with Gasteiger partial charge in [0.05, 0.1) is 31.7 Å². The van der Waals surface area contributed by atoms with E-state index in [-0.39, 0.29) is 43.0 Å². The highest BCUT2D eigenvalue weighted by molar-refractivity contribution is 5.90. The van der Waals surface area contributed by atoms with Crippen molar-refractivity contribution in [1.82, 2.24) is 15.0 Å². The van der Waals surface area contributed by atoms with Crippen molar-refractivity contribution in [2.45, 2.75) is 33.6 Å². The van der Waals surface area contributed by atoms with Crippen LogP contribution < -0.4 is 14.2 Å². The first kappa shape index (κ1) is 27.4. The Balaban J connectivity index is 0.00000172. The second-order valence-corrected chi connectivity index (χ2v) is 6.28. The number of aromatic nitrogens is 3. The van der Waals surface area contributed by atoms with Gasteiger partial charge in [-0.1, -0.05) is 12.2 Å². The molecule has 2 heterocycles. The predicted molar refractivity (Wildman–Crippen MR) is 110 cm³/mol. The Labute approximate surface area is 190 Å². The Morgan fingerprint density at radius 3 is 2.24 bits per heavy atom. The van der Waals surface area contributed by atoms with Gasteiger partial charge in [0.1, 0.15) is 0 Å². The minimum absolute atomic E-state index is 0.127. The summed E-state index contributed by atoms with van der Waals surface area (Å²) in [4.78, 5) is 47.6. The van der Waals surface area contributed by atoms with E-state index in [1.54, 1.807) is 6.08 Å². The fourth-order valence-corrected chi connectivity index (χ4v) is 1.97. The molecule has 33 heavy (non-hydrogen) atoms. The Morgan fingerprint density at radius 1 is 1.09 bits per heavy atom. The van der Waals surface area contributed by atoms with Crippen LogP contribution in [0.25, 0.3) is 0 Å². The third kappa shape index (κ3) is 10.0. The lowest BCUT2D eigenvalue weighted by atomic mass is 10.2. The second kappa shape index (κ2) is 14.4. The molecule has 3 radical (unpaired) electrons. The van der Waals surface area contributed by atoms with Crippen molar-refractivity contribution in [2.75, 3.05) is 19.8 Å². The number of carbonyl (C=O) groups is 3. The maximum absolute atomic E-state index is 12.2. The molecule has 1 aromatic heterocycles. The first-order valence-electron chi connectivity index (χ1n) is 9.71. The van der Waals surface area contributed by atoms with Crippen molar-refractivity contribution in [2.24, 2.45) is 0 Å². The van der Waals surface area contributed by atoms with E-state index in [1.165, 1.54) is 33.1 Å². The Hall–Kier alpha value is -3.64. The standard InChI is InChI=1S/C19H20N3O8.C2H4O/c1-11(6-4-8-23)14(24)28-17-20-18-22-19(21-17)30-16(26)13(3)10-27-9-5-7-12(2)15(25)29-18;1-2-3/h6-7,10H,4-5,8-9H2,1-3H3;1-2H2. The molecule has 0 atom stereocenters. The van der Waals surface area contributed by atoms with Gasteiger partial charge >= 0.3 is 35.9 Å². The van der Waals surface area contributed by atoms with E-state index in [0.717, 1.165) is 0 Å². The first-order valence-corrected chi connectivity index (χ1v) is 9.71. The number of rotatable bonds is 4. The van der Waals surface area contributed by atoms with Gasteiger partial charge in [0, 0.05) is 17.6 Å². The lowest BCUT2D eigenvalue weighted by Crippen LogP contribution is -2.18. The first-order chi connectivity index (χ1) is 15.7.